The predicted octanol–water partition coefficient (Wildman–Crippen LogP) is 5.97. The van der Waals surface area contributed by atoms with E-state index in [2.05, 4.69) is 27.6 Å². The molecular weight excluding hydrogens is 654 g/mol. The van der Waals surface area contributed by atoms with Gasteiger partial charge in [0.2, 0.25) is 11.8 Å². The van der Waals surface area contributed by atoms with E-state index in [0.717, 1.165) is 75.7 Å². The largest absolute Gasteiger partial charge is 0.459 e. The zero-order valence-corrected chi connectivity index (χ0v) is 30.2. The fraction of sp³-hybridized carbons (Fsp3) is 0.553. The van der Waals surface area contributed by atoms with E-state index in [1.165, 1.54) is 44.9 Å². The van der Waals surface area contributed by atoms with Gasteiger partial charge in [-0.3, -0.25) is 19.1 Å². The maximum Gasteiger partial charge on any atom is 0.325 e. The molecule has 12 heteroatoms. The quantitative estimate of drug-likeness (QED) is 0.173. The Labute approximate surface area is 298 Å². The first kappa shape index (κ1) is 34.5. The number of amides is 2. The van der Waals surface area contributed by atoms with E-state index in [-0.39, 0.29) is 31.5 Å². The summed E-state index contributed by atoms with van der Waals surface area (Å²) in [4.78, 5) is 39.9. The lowest BCUT2D eigenvalue weighted by Crippen LogP contribution is -2.64. The summed E-state index contributed by atoms with van der Waals surface area (Å²) in [7, 11) is 0. The molecule has 0 radical (unpaired) electrons. The molecule has 0 atom stereocenters. The average Bonchev–Trinajstić information content (AvgIpc) is 3.64. The number of nitrogens with one attached hydrogen (secondary N) is 2. The van der Waals surface area contributed by atoms with Crippen molar-refractivity contribution in [1.82, 2.24) is 34.9 Å². The van der Waals surface area contributed by atoms with Crippen LogP contribution in [0.25, 0.3) is 32.9 Å². The molecule has 0 unspecified atom stereocenters. The second kappa shape index (κ2) is 14.0. The van der Waals surface area contributed by atoms with Crippen LogP contribution in [-0.4, -0.2) is 75.8 Å². The summed E-state index contributed by atoms with van der Waals surface area (Å²) in [5.74, 6) is -0.470. The molecule has 266 valence electrons. The van der Waals surface area contributed by atoms with Crippen LogP contribution in [0.1, 0.15) is 90.2 Å². The van der Waals surface area contributed by atoms with Crippen molar-refractivity contribution in [2.45, 2.75) is 96.6 Å². The zero-order chi connectivity index (χ0) is 35.0. The highest BCUT2D eigenvalue weighted by Crippen LogP contribution is 2.44. The zero-order valence-electron chi connectivity index (χ0n) is 29.5. The van der Waals surface area contributed by atoms with Gasteiger partial charge in [-0.25, -0.2) is 0 Å². The lowest BCUT2D eigenvalue weighted by Gasteiger charge is -2.44. The van der Waals surface area contributed by atoms with Crippen LogP contribution in [0.5, 0.6) is 0 Å². The number of rotatable bonds is 8. The molecule has 2 aromatic heterocycles. The summed E-state index contributed by atoms with van der Waals surface area (Å²) >= 11 is 7.05. The molecule has 1 aliphatic carbocycles. The molecule has 4 aliphatic rings. The lowest BCUT2D eigenvalue weighted by atomic mass is 9.87. The van der Waals surface area contributed by atoms with E-state index in [1.54, 1.807) is 25.5 Å². The molecule has 8 rings (SSSR count). The van der Waals surface area contributed by atoms with E-state index in [1.807, 2.05) is 24.4 Å². The second-order valence-corrected chi connectivity index (χ2v) is 15.9. The number of hydrogen-bond acceptors (Lipinski definition) is 6. The van der Waals surface area contributed by atoms with E-state index >= 15 is 0 Å². The first-order valence-electron chi connectivity index (χ1n) is 18.3. The number of benzene rings is 2. The number of quaternary nitrogens is 1. The van der Waals surface area contributed by atoms with Crippen molar-refractivity contribution in [1.29, 1.82) is 0 Å². The number of esters is 1. The van der Waals surface area contributed by atoms with Crippen molar-refractivity contribution in [2.24, 2.45) is 5.92 Å². The molecule has 0 spiro atoms. The number of fused-ring (bicyclic) bond motifs is 2. The third kappa shape index (κ3) is 7.12. The SMILES string of the molecule is CC(C)(C)OC(=O)CNC(=O)CNC(=O)Cn1nc2c3c(cccc31)-c1cc3c(cnn3[N+]3(CC4CCCCCCC4)CCC2CC3)cc1Cl. The molecule has 2 aromatic carbocycles. The Balaban J connectivity index is 1.18. The van der Waals surface area contributed by atoms with Crippen LogP contribution >= 0.6 is 11.6 Å². The minimum Gasteiger partial charge on any atom is -0.459 e. The summed E-state index contributed by atoms with van der Waals surface area (Å²) < 4.78 is 7.82. The van der Waals surface area contributed by atoms with Crippen LogP contribution in [-0.2, 0) is 25.7 Å². The van der Waals surface area contributed by atoms with Crippen molar-refractivity contribution in [3.8, 4) is 11.1 Å². The van der Waals surface area contributed by atoms with Crippen LogP contribution in [0.3, 0.4) is 0 Å². The van der Waals surface area contributed by atoms with Crippen molar-refractivity contribution in [3.05, 3.63) is 47.2 Å². The first-order valence-corrected chi connectivity index (χ1v) is 18.7. The molecule has 2 fully saturated rings. The van der Waals surface area contributed by atoms with Gasteiger partial charge in [-0.15, -0.1) is 9.89 Å². The van der Waals surface area contributed by atoms with Gasteiger partial charge in [-0.1, -0.05) is 55.8 Å². The average molecular weight is 703 g/mol. The van der Waals surface area contributed by atoms with Gasteiger partial charge in [-0.05, 0) is 57.4 Å². The van der Waals surface area contributed by atoms with Crippen LogP contribution in [0, 0.1) is 5.92 Å². The van der Waals surface area contributed by atoms with E-state index < -0.39 is 17.5 Å². The Bertz CT molecular complexity index is 1910. The molecule has 50 heavy (non-hydrogen) atoms. The standard InChI is InChI=1S/C38H48ClN7O4/c1-38(2,3)50-35(49)22-41-33(47)21-40-34(48)23-44-31-13-9-12-28-29-19-32-27(18-30(29)39)20-42-45(32)46(24-25-10-7-5-4-6-8-11-25)16-14-26(15-17-46)37(43-44)36(28)31/h9,12-13,18-20,25-26H,4-8,10-11,14-17,21-24H2,1-3H3,(H-,40,41,47,48)/p+1. The van der Waals surface area contributed by atoms with Gasteiger partial charge in [-0.2, -0.15) is 9.69 Å². The molecule has 3 aliphatic heterocycles. The maximum atomic E-state index is 13.2. The monoisotopic (exact) mass is 702 g/mol. The Morgan fingerprint density at radius 2 is 1.64 bits per heavy atom. The topological polar surface area (TPSA) is 120 Å². The normalized spacial score (nSPS) is 21.1. The van der Waals surface area contributed by atoms with Crippen molar-refractivity contribution in [2.75, 3.05) is 32.7 Å². The van der Waals surface area contributed by atoms with Gasteiger partial charge >= 0.3 is 5.97 Å². The summed E-state index contributed by atoms with van der Waals surface area (Å²) in [6.07, 6.45) is 13.1. The summed E-state index contributed by atoms with van der Waals surface area (Å²) in [6.45, 7) is 7.73. The fourth-order valence-corrected chi connectivity index (χ4v) is 8.70. The fourth-order valence-electron chi connectivity index (χ4n) is 8.42. The third-order valence-electron chi connectivity index (χ3n) is 10.7. The summed E-state index contributed by atoms with van der Waals surface area (Å²) in [6, 6.07) is 10.3. The van der Waals surface area contributed by atoms with Gasteiger partial charge < -0.3 is 15.4 Å². The second-order valence-electron chi connectivity index (χ2n) is 15.5. The first-order chi connectivity index (χ1) is 24.0. The highest BCUT2D eigenvalue weighted by Gasteiger charge is 2.42. The molecule has 4 bridgehead atoms. The molecular formula is C38H49ClN7O4+. The smallest absolute Gasteiger partial charge is 0.325 e. The number of piperidine rings is 1. The molecule has 2 N–H and O–H groups in total. The van der Waals surface area contributed by atoms with Gasteiger partial charge in [0.15, 0.2) is 0 Å². The number of carbonyl (C=O) groups is 3. The number of halogens is 1. The molecule has 1 saturated carbocycles. The minimum atomic E-state index is -0.646. The number of hydrogen-bond donors (Lipinski definition) is 2. The lowest BCUT2D eigenvalue weighted by molar-refractivity contribution is -0.154. The predicted molar refractivity (Wildman–Crippen MR) is 195 cm³/mol. The van der Waals surface area contributed by atoms with E-state index in [4.69, 9.17) is 26.5 Å². The van der Waals surface area contributed by atoms with Gasteiger partial charge in [0, 0.05) is 46.0 Å². The van der Waals surface area contributed by atoms with Crippen molar-refractivity contribution in [3.63, 3.8) is 0 Å². The van der Waals surface area contributed by atoms with Crippen LogP contribution in [0.15, 0.2) is 36.5 Å². The van der Waals surface area contributed by atoms with E-state index in [0.29, 0.717) is 10.9 Å². The minimum absolute atomic E-state index is 0.0484. The Morgan fingerprint density at radius 3 is 2.38 bits per heavy atom. The highest BCUT2D eigenvalue weighted by atomic mass is 35.5. The molecule has 1 saturated heterocycles. The van der Waals surface area contributed by atoms with Gasteiger partial charge in [0.25, 0.3) is 0 Å². The van der Waals surface area contributed by atoms with Crippen LogP contribution in [0.2, 0.25) is 5.02 Å². The summed E-state index contributed by atoms with van der Waals surface area (Å²) in [5.41, 5.74) is 4.24. The molecule has 4 aromatic rings. The number of nitrogens with zero attached hydrogens (tertiary/aromatic N) is 5. The summed E-state index contributed by atoms with van der Waals surface area (Å²) in [5, 5.41) is 18.1. The Kier molecular flexibility index (Phi) is 9.64. The van der Waals surface area contributed by atoms with E-state index in [9.17, 15) is 14.4 Å². The van der Waals surface area contributed by atoms with Gasteiger partial charge in [0.1, 0.15) is 43.8 Å². The number of aromatic nitrogens is 4. The molecule has 11 nitrogen and oxygen atoms in total. The molecule has 5 heterocycles. The third-order valence-corrected chi connectivity index (χ3v) is 11.0. The Morgan fingerprint density at radius 1 is 0.920 bits per heavy atom. The highest BCUT2D eigenvalue weighted by molar-refractivity contribution is 6.34. The number of carbonyl (C=O) groups excluding carboxylic acids is 3. The van der Waals surface area contributed by atoms with Crippen molar-refractivity contribution < 1.29 is 19.1 Å². The Hall–Kier alpha value is -3.96. The molecule has 2 amide bonds. The van der Waals surface area contributed by atoms with Crippen molar-refractivity contribution >= 4 is 51.2 Å². The van der Waals surface area contributed by atoms with Crippen LogP contribution < -0.4 is 15.2 Å². The number of ether oxygens (including phenoxy) is 1. The maximum absolute atomic E-state index is 13.2. The van der Waals surface area contributed by atoms with Gasteiger partial charge in [0.05, 0.1) is 24.0 Å². The van der Waals surface area contributed by atoms with Crippen LogP contribution in [0.4, 0.5) is 0 Å².